The van der Waals surface area contributed by atoms with Gasteiger partial charge in [0.05, 0.1) is 4.99 Å². The number of hydrogen-bond donors (Lipinski definition) is 1. The molecule has 0 aliphatic carbocycles. The quantitative estimate of drug-likeness (QED) is 0.755. The lowest BCUT2D eigenvalue weighted by Crippen LogP contribution is -2.18. The van der Waals surface area contributed by atoms with Gasteiger partial charge in [-0.2, -0.15) is 0 Å². The Morgan fingerprint density at radius 1 is 1.24 bits per heavy atom. The predicted molar refractivity (Wildman–Crippen MR) is 78.2 cm³/mol. The molecule has 2 nitrogen and oxygen atoms in total. The van der Waals surface area contributed by atoms with Crippen molar-refractivity contribution in [2.75, 3.05) is 13.6 Å². The normalized spacial score (nSPS) is 10.8. The summed E-state index contributed by atoms with van der Waals surface area (Å²) < 4.78 is 0. The first-order valence-corrected chi connectivity index (χ1v) is 6.57. The third kappa shape index (κ3) is 5.80. The van der Waals surface area contributed by atoms with E-state index in [2.05, 4.69) is 43.1 Å². The molecule has 1 rings (SSSR count). The van der Waals surface area contributed by atoms with Crippen molar-refractivity contribution in [2.45, 2.75) is 32.7 Å². The number of nitrogens with zero attached hydrogens (tertiary/aromatic N) is 1. The molecule has 2 N–H and O–H groups in total. The maximum absolute atomic E-state index is 5.52. The van der Waals surface area contributed by atoms with Crippen LogP contribution in [0, 0.1) is 0 Å². The van der Waals surface area contributed by atoms with E-state index in [9.17, 15) is 0 Å². The standard InChI is InChI=1S/C14H22N2S/c1-3-4-9-16(2)11-13-7-5-12(6-8-13)10-14(15)17/h5-8H,3-4,9-11H2,1-2H3,(H2,15,17). The molecule has 0 atom stereocenters. The number of rotatable bonds is 7. The van der Waals surface area contributed by atoms with Crippen molar-refractivity contribution < 1.29 is 0 Å². The molecule has 3 heteroatoms. The smallest absolute Gasteiger partial charge is 0.0771 e. The molecule has 0 bridgehead atoms. The van der Waals surface area contributed by atoms with Crippen molar-refractivity contribution >= 4 is 17.2 Å². The highest BCUT2D eigenvalue weighted by Gasteiger charge is 2.00. The summed E-state index contributed by atoms with van der Waals surface area (Å²) in [6.45, 7) is 4.39. The molecular formula is C14H22N2S. The van der Waals surface area contributed by atoms with E-state index in [0.29, 0.717) is 11.4 Å². The van der Waals surface area contributed by atoms with Crippen LogP contribution >= 0.6 is 12.2 Å². The van der Waals surface area contributed by atoms with E-state index in [0.717, 1.165) is 13.1 Å². The van der Waals surface area contributed by atoms with Gasteiger partial charge in [-0.05, 0) is 31.1 Å². The van der Waals surface area contributed by atoms with Gasteiger partial charge in [0, 0.05) is 13.0 Å². The van der Waals surface area contributed by atoms with E-state index in [1.807, 2.05) is 0 Å². The zero-order chi connectivity index (χ0) is 12.7. The van der Waals surface area contributed by atoms with Crippen LogP contribution in [0.5, 0.6) is 0 Å². The summed E-state index contributed by atoms with van der Waals surface area (Å²) in [6.07, 6.45) is 3.20. The fraction of sp³-hybridized carbons (Fsp3) is 0.500. The van der Waals surface area contributed by atoms with Crippen molar-refractivity contribution in [3.05, 3.63) is 35.4 Å². The van der Waals surface area contributed by atoms with Crippen molar-refractivity contribution in [3.8, 4) is 0 Å². The van der Waals surface area contributed by atoms with Gasteiger partial charge in [-0.3, -0.25) is 0 Å². The molecule has 0 saturated heterocycles. The Kier molecular flexibility index (Phi) is 6.16. The molecule has 0 amide bonds. The largest absolute Gasteiger partial charge is 0.393 e. The minimum Gasteiger partial charge on any atom is -0.393 e. The molecule has 0 spiro atoms. The fourth-order valence-corrected chi connectivity index (χ4v) is 1.95. The molecule has 94 valence electrons. The van der Waals surface area contributed by atoms with E-state index >= 15 is 0 Å². The van der Waals surface area contributed by atoms with E-state index < -0.39 is 0 Å². The van der Waals surface area contributed by atoms with Gasteiger partial charge in [-0.25, -0.2) is 0 Å². The van der Waals surface area contributed by atoms with Crippen LogP contribution in [0.25, 0.3) is 0 Å². The number of benzene rings is 1. The number of unbranched alkanes of at least 4 members (excludes halogenated alkanes) is 1. The maximum Gasteiger partial charge on any atom is 0.0771 e. The third-order valence-corrected chi connectivity index (χ3v) is 2.89. The lowest BCUT2D eigenvalue weighted by molar-refractivity contribution is 0.321. The molecule has 0 fully saturated rings. The van der Waals surface area contributed by atoms with Crippen LogP contribution in [-0.4, -0.2) is 23.5 Å². The summed E-state index contributed by atoms with van der Waals surface area (Å²) in [4.78, 5) is 2.91. The molecule has 1 aromatic carbocycles. The minimum atomic E-state index is 0.554. The first kappa shape index (κ1) is 14.1. The molecule has 0 saturated carbocycles. The molecule has 0 aliphatic heterocycles. The summed E-state index contributed by atoms with van der Waals surface area (Å²) in [6, 6.07) is 8.55. The Balaban J connectivity index is 2.47. The number of nitrogens with two attached hydrogens (primary N) is 1. The summed E-state index contributed by atoms with van der Waals surface area (Å²) in [5, 5.41) is 0. The average Bonchev–Trinajstić information content (AvgIpc) is 2.28. The van der Waals surface area contributed by atoms with Crippen molar-refractivity contribution in [1.82, 2.24) is 4.90 Å². The number of hydrogen-bond acceptors (Lipinski definition) is 2. The first-order valence-electron chi connectivity index (χ1n) is 6.16. The highest BCUT2D eigenvalue weighted by molar-refractivity contribution is 7.80. The third-order valence-electron chi connectivity index (χ3n) is 2.75. The van der Waals surface area contributed by atoms with Crippen LogP contribution in [0.3, 0.4) is 0 Å². The van der Waals surface area contributed by atoms with Gasteiger partial charge in [0.1, 0.15) is 0 Å². The Bertz CT molecular complexity index is 346. The Morgan fingerprint density at radius 2 is 1.82 bits per heavy atom. The molecule has 0 heterocycles. The second kappa shape index (κ2) is 7.41. The topological polar surface area (TPSA) is 29.3 Å². The van der Waals surface area contributed by atoms with Gasteiger partial charge < -0.3 is 10.6 Å². The monoisotopic (exact) mass is 250 g/mol. The molecule has 0 radical (unpaired) electrons. The minimum absolute atomic E-state index is 0.554. The van der Waals surface area contributed by atoms with Gasteiger partial charge in [0.25, 0.3) is 0 Å². The van der Waals surface area contributed by atoms with Crippen LogP contribution in [0.1, 0.15) is 30.9 Å². The van der Waals surface area contributed by atoms with Crippen LogP contribution in [0.4, 0.5) is 0 Å². The predicted octanol–water partition coefficient (Wildman–Crippen LogP) is 2.75. The molecule has 17 heavy (non-hydrogen) atoms. The summed E-state index contributed by atoms with van der Waals surface area (Å²) in [7, 11) is 2.17. The Labute approximate surface area is 110 Å². The van der Waals surface area contributed by atoms with Gasteiger partial charge in [-0.1, -0.05) is 49.8 Å². The lowest BCUT2D eigenvalue weighted by Gasteiger charge is -2.16. The van der Waals surface area contributed by atoms with E-state index in [1.54, 1.807) is 0 Å². The zero-order valence-corrected chi connectivity index (χ0v) is 11.6. The Morgan fingerprint density at radius 3 is 2.35 bits per heavy atom. The second-order valence-electron chi connectivity index (χ2n) is 4.55. The van der Waals surface area contributed by atoms with Crippen molar-refractivity contribution in [2.24, 2.45) is 5.73 Å². The van der Waals surface area contributed by atoms with Crippen molar-refractivity contribution in [1.29, 1.82) is 0 Å². The molecule has 0 aliphatic rings. The average molecular weight is 250 g/mol. The molecule has 0 aromatic heterocycles. The highest BCUT2D eigenvalue weighted by atomic mass is 32.1. The van der Waals surface area contributed by atoms with Crippen molar-refractivity contribution in [3.63, 3.8) is 0 Å². The second-order valence-corrected chi connectivity index (χ2v) is 5.08. The van der Waals surface area contributed by atoms with Gasteiger partial charge >= 0.3 is 0 Å². The molecule has 1 aromatic rings. The maximum atomic E-state index is 5.52. The van der Waals surface area contributed by atoms with Crippen LogP contribution in [0.15, 0.2) is 24.3 Å². The highest BCUT2D eigenvalue weighted by Crippen LogP contribution is 2.08. The van der Waals surface area contributed by atoms with Crippen LogP contribution in [0.2, 0.25) is 0 Å². The molecule has 0 unspecified atom stereocenters. The van der Waals surface area contributed by atoms with E-state index in [1.165, 1.54) is 24.0 Å². The van der Waals surface area contributed by atoms with Crippen LogP contribution < -0.4 is 5.73 Å². The molecular weight excluding hydrogens is 228 g/mol. The summed E-state index contributed by atoms with van der Waals surface area (Å²) in [5.41, 5.74) is 8.06. The summed E-state index contributed by atoms with van der Waals surface area (Å²) >= 11 is 4.90. The zero-order valence-electron chi connectivity index (χ0n) is 10.8. The fourth-order valence-electron chi connectivity index (χ4n) is 1.78. The SMILES string of the molecule is CCCCN(C)Cc1ccc(CC(N)=S)cc1. The Hall–Kier alpha value is -0.930. The number of thiocarbonyl (C=S) groups is 1. The van der Waals surface area contributed by atoms with Gasteiger partial charge in [-0.15, -0.1) is 0 Å². The van der Waals surface area contributed by atoms with Gasteiger partial charge in [0.2, 0.25) is 0 Å². The van der Waals surface area contributed by atoms with Crippen LogP contribution in [-0.2, 0) is 13.0 Å². The van der Waals surface area contributed by atoms with E-state index in [4.69, 9.17) is 18.0 Å². The lowest BCUT2D eigenvalue weighted by atomic mass is 10.1. The van der Waals surface area contributed by atoms with Gasteiger partial charge in [0.15, 0.2) is 0 Å². The first-order chi connectivity index (χ1) is 8.11. The summed E-state index contributed by atoms with van der Waals surface area (Å²) in [5.74, 6) is 0. The van der Waals surface area contributed by atoms with E-state index in [-0.39, 0.29) is 0 Å².